The second kappa shape index (κ2) is 31.9. The number of unbranched alkanes of at least 4 members (excludes halogenated alkanes) is 17. The zero-order valence-corrected chi connectivity index (χ0v) is 32.0. The highest BCUT2D eigenvalue weighted by molar-refractivity contribution is 5.80. The van der Waals surface area contributed by atoms with Crippen LogP contribution in [0.15, 0.2) is 36.5 Å². The van der Waals surface area contributed by atoms with Crippen molar-refractivity contribution in [1.29, 1.82) is 0 Å². The number of hydrogen-bond donors (Lipinski definition) is 7. The van der Waals surface area contributed by atoms with E-state index >= 15 is 0 Å². The Bertz CT molecular complexity index is 912. The largest absolute Gasteiger partial charge is 0.394 e. The van der Waals surface area contributed by atoms with E-state index in [4.69, 9.17) is 9.47 Å². The molecule has 8 atom stereocenters. The first kappa shape index (κ1) is 47.4. The number of ether oxygens (including phenoxy) is 2. The van der Waals surface area contributed by atoms with E-state index in [1.807, 2.05) is 6.08 Å². The molecule has 0 aromatic carbocycles. The first-order chi connectivity index (χ1) is 24.8. The highest BCUT2D eigenvalue weighted by atomic mass is 16.7. The van der Waals surface area contributed by atoms with Gasteiger partial charge in [-0.3, -0.25) is 4.79 Å². The van der Waals surface area contributed by atoms with E-state index in [0.717, 1.165) is 51.4 Å². The van der Waals surface area contributed by atoms with Crippen molar-refractivity contribution in [3.63, 3.8) is 0 Å². The molecule has 0 radical (unpaired) electrons. The van der Waals surface area contributed by atoms with Crippen LogP contribution in [0.2, 0.25) is 0 Å². The van der Waals surface area contributed by atoms with Gasteiger partial charge in [0.05, 0.1) is 25.4 Å². The number of carbonyl (C=O) groups is 1. The van der Waals surface area contributed by atoms with Gasteiger partial charge in [-0.15, -0.1) is 0 Å². The minimum atomic E-state index is -1.61. The van der Waals surface area contributed by atoms with Crippen LogP contribution in [0, 0.1) is 0 Å². The molecule has 1 amide bonds. The van der Waals surface area contributed by atoms with Gasteiger partial charge in [-0.1, -0.05) is 153 Å². The molecule has 51 heavy (non-hydrogen) atoms. The molecule has 1 aliphatic heterocycles. The summed E-state index contributed by atoms with van der Waals surface area (Å²) < 4.78 is 11.1. The minimum Gasteiger partial charge on any atom is -0.394 e. The van der Waals surface area contributed by atoms with E-state index < -0.39 is 61.5 Å². The van der Waals surface area contributed by atoms with Crippen molar-refractivity contribution in [2.45, 2.75) is 204 Å². The Hall–Kier alpha value is -1.63. The molecule has 10 nitrogen and oxygen atoms in total. The third-order valence-electron chi connectivity index (χ3n) is 9.53. The average Bonchev–Trinajstić information content (AvgIpc) is 3.13. The highest BCUT2D eigenvalue weighted by Crippen LogP contribution is 2.22. The lowest BCUT2D eigenvalue weighted by Crippen LogP contribution is -2.60. The predicted molar refractivity (Wildman–Crippen MR) is 204 cm³/mol. The van der Waals surface area contributed by atoms with Gasteiger partial charge in [0.15, 0.2) is 6.29 Å². The summed E-state index contributed by atoms with van der Waals surface area (Å²) >= 11 is 0. The molecule has 1 saturated heterocycles. The summed E-state index contributed by atoms with van der Waals surface area (Å²) in [6.07, 6.45) is 26.7. The number of carbonyl (C=O) groups excluding carboxylic acids is 1. The van der Waals surface area contributed by atoms with E-state index in [2.05, 4.69) is 43.5 Å². The highest BCUT2D eigenvalue weighted by Gasteiger charge is 2.44. The first-order valence-corrected chi connectivity index (χ1v) is 20.3. The molecule has 0 aromatic heterocycles. The molecular formula is C41H75NO9. The number of aliphatic hydroxyl groups is 6. The van der Waals surface area contributed by atoms with Crippen molar-refractivity contribution in [3.05, 3.63) is 36.5 Å². The van der Waals surface area contributed by atoms with Gasteiger partial charge >= 0.3 is 0 Å². The molecule has 0 aliphatic carbocycles. The molecular weight excluding hydrogens is 650 g/mol. The van der Waals surface area contributed by atoms with Crippen LogP contribution in [-0.4, -0.2) is 98.7 Å². The Balaban J connectivity index is 2.49. The van der Waals surface area contributed by atoms with Crippen molar-refractivity contribution < 1.29 is 44.9 Å². The second-order valence-electron chi connectivity index (χ2n) is 14.2. The third kappa shape index (κ3) is 22.9. The number of nitrogens with one attached hydrogen (secondary N) is 1. The molecule has 0 saturated carbocycles. The minimum absolute atomic E-state index is 0.303. The van der Waals surface area contributed by atoms with Gasteiger partial charge in [0, 0.05) is 0 Å². The van der Waals surface area contributed by atoms with Crippen molar-refractivity contribution >= 4 is 5.91 Å². The van der Waals surface area contributed by atoms with Crippen molar-refractivity contribution in [3.8, 4) is 0 Å². The molecule has 1 rings (SSSR count). The summed E-state index contributed by atoms with van der Waals surface area (Å²) in [7, 11) is 0. The molecule has 10 heteroatoms. The van der Waals surface area contributed by atoms with Crippen LogP contribution in [0.4, 0.5) is 0 Å². The maximum atomic E-state index is 13.0. The monoisotopic (exact) mass is 726 g/mol. The number of allylic oxidation sites excluding steroid dienone is 5. The molecule has 0 bridgehead atoms. The third-order valence-corrected chi connectivity index (χ3v) is 9.53. The Labute approximate surface area is 309 Å². The first-order valence-electron chi connectivity index (χ1n) is 20.3. The van der Waals surface area contributed by atoms with Crippen LogP contribution in [0.5, 0.6) is 0 Å². The van der Waals surface area contributed by atoms with Crippen LogP contribution >= 0.6 is 0 Å². The van der Waals surface area contributed by atoms with Crippen LogP contribution < -0.4 is 5.32 Å². The Morgan fingerprint density at radius 2 is 1.16 bits per heavy atom. The number of amides is 1. The standard InChI is InChI=1S/C41H75NO9/c1-3-5-7-9-11-13-15-16-17-18-20-22-24-26-28-30-35(45)40(49)42-33(32-50-41-39(48)38(47)37(46)36(31-43)51-41)34(44)29-27-25-23-21-19-14-12-10-8-6-4-2/h8,10,19,21,27,29,33-39,41,43-48H,3-7,9,11-18,20,22-26,28,30-32H2,1-2H3,(H,42,49)/b10-8+,21-19+,29-27+. The molecule has 0 aromatic rings. The molecule has 8 unspecified atom stereocenters. The van der Waals surface area contributed by atoms with Gasteiger partial charge in [0.2, 0.25) is 5.91 Å². The smallest absolute Gasteiger partial charge is 0.249 e. The van der Waals surface area contributed by atoms with E-state index in [1.54, 1.807) is 6.08 Å². The average molecular weight is 726 g/mol. The lowest BCUT2D eigenvalue weighted by Gasteiger charge is -2.40. The van der Waals surface area contributed by atoms with Gasteiger partial charge in [-0.2, -0.15) is 0 Å². The quantitative estimate of drug-likeness (QED) is 0.0311. The second-order valence-corrected chi connectivity index (χ2v) is 14.2. The fourth-order valence-electron chi connectivity index (χ4n) is 6.14. The van der Waals surface area contributed by atoms with Crippen molar-refractivity contribution in [2.75, 3.05) is 13.2 Å². The number of hydrogen-bond acceptors (Lipinski definition) is 9. The van der Waals surface area contributed by atoms with Crippen LogP contribution in [0.3, 0.4) is 0 Å². The van der Waals surface area contributed by atoms with Crippen LogP contribution in [0.1, 0.15) is 155 Å². The number of aliphatic hydroxyl groups excluding tert-OH is 6. The maximum Gasteiger partial charge on any atom is 0.249 e. The molecule has 1 fully saturated rings. The molecule has 298 valence electrons. The summed E-state index contributed by atoms with van der Waals surface area (Å²) in [6, 6.07) is -0.998. The Kier molecular flexibility index (Phi) is 29.6. The normalized spacial score (nSPS) is 23.0. The maximum absolute atomic E-state index is 13.0. The van der Waals surface area contributed by atoms with Crippen molar-refractivity contribution in [2.24, 2.45) is 0 Å². The van der Waals surface area contributed by atoms with Gasteiger partial charge < -0.3 is 45.4 Å². The summed E-state index contributed by atoms with van der Waals surface area (Å²) in [5, 5.41) is 64.3. The molecule has 0 spiro atoms. The Morgan fingerprint density at radius 3 is 1.67 bits per heavy atom. The molecule has 1 heterocycles. The lowest BCUT2D eigenvalue weighted by atomic mass is 9.99. The van der Waals surface area contributed by atoms with E-state index in [1.165, 1.54) is 70.6 Å². The molecule has 7 N–H and O–H groups in total. The zero-order chi connectivity index (χ0) is 37.5. The fraction of sp³-hybridized carbons (Fsp3) is 0.829. The van der Waals surface area contributed by atoms with Crippen molar-refractivity contribution in [1.82, 2.24) is 5.32 Å². The number of rotatable bonds is 32. The summed E-state index contributed by atoms with van der Waals surface area (Å²) in [5.74, 6) is -0.633. The van der Waals surface area contributed by atoms with Gasteiger partial charge in [0.25, 0.3) is 0 Å². The zero-order valence-electron chi connectivity index (χ0n) is 32.0. The lowest BCUT2D eigenvalue weighted by molar-refractivity contribution is -0.302. The van der Waals surface area contributed by atoms with Crippen LogP contribution in [-0.2, 0) is 14.3 Å². The van der Waals surface area contributed by atoms with Gasteiger partial charge in [-0.05, 0) is 38.5 Å². The van der Waals surface area contributed by atoms with E-state index in [-0.39, 0.29) is 6.61 Å². The van der Waals surface area contributed by atoms with E-state index in [0.29, 0.717) is 19.3 Å². The Morgan fingerprint density at radius 1 is 0.667 bits per heavy atom. The summed E-state index contributed by atoms with van der Waals surface area (Å²) in [6.45, 7) is 3.48. The molecule has 1 aliphatic rings. The topological polar surface area (TPSA) is 169 Å². The van der Waals surface area contributed by atoms with Crippen LogP contribution in [0.25, 0.3) is 0 Å². The fourth-order valence-corrected chi connectivity index (χ4v) is 6.14. The SMILES string of the molecule is CCC/C=C/CC/C=C/CC/C=C/C(O)C(COC1OC(CO)C(O)C(O)C1O)NC(=O)C(O)CCCCCCCCCCCCCCCCC. The predicted octanol–water partition coefficient (Wildman–Crippen LogP) is 6.30. The van der Waals surface area contributed by atoms with Gasteiger partial charge in [0.1, 0.15) is 30.5 Å². The van der Waals surface area contributed by atoms with Gasteiger partial charge in [-0.25, -0.2) is 0 Å². The van der Waals surface area contributed by atoms with E-state index in [9.17, 15) is 35.4 Å². The summed E-state index contributed by atoms with van der Waals surface area (Å²) in [5.41, 5.74) is 0. The summed E-state index contributed by atoms with van der Waals surface area (Å²) in [4.78, 5) is 13.0.